The quantitative estimate of drug-likeness (QED) is 0.911. The molecule has 0 saturated carbocycles. The van der Waals surface area contributed by atoms with Crippen LogP contribution in [0.3, 0.4) is 0 Å². The molecule has 1 aliphatic carbocycles. The maximum absolute atomic E-state index is 12.5. The van der Waals surface area contributed by atoms with Gasteiger partial charge < -0.3 is 5.73 Å². The first-order valence-electron chi connectivity index (χ1n) is 6.82. The van der Waals surface area contributed by atoms with Crippen LogP contribution in [0.5, 0.6) is 0 Å². The maximum Gasteiger partial charge on any atom is 0.263 e. The molecule has 6 heteroatoms. The molecule has 21 heavy (non-hydrogen) atoms. The third-order valence-electron chi connectivity index (χ3n) is 3.71. The standard InChI is InChI=1S/C15H17N3O2S/c1-10-7-13(16)9-17-15(10)18-21(19,20)14-6-5-11-3-2-4-12(11)8-14/h5-9H,2-4,16H2,1H3,(H,17,18). The van der Waals surface area contributed by atoms with E-state index in [1.54, 1.807) is 25.1 Å². The van der Waals surface area contributed by atoms with Gasteiger partial charge in [-0.2, -0.15) is 0 Å². The predicted octanol–water partition coefficient (Wildman–Crippen LogP) is 2.26. The monoisotopic (exact) mass is 303 g/mol. The molecule has 1 heterocycles. The van der Waals surface area contributed by atoms with Gasteiger partial charge in [0.1, 0.15) is 5.82 Å². The molecule has 0 radical (unpaired) electrons. The molecule has 0 bridgehead atoms. The zero-order valence-electron chi connectivity index (χ0n) is 11.8. The smallest absolute Gasteiger partial charge is 0.263 e. The molecule has 1 aliphatic rings. The lowest BCUT2D eigenvalue weighted by molar-refractivity contribution is 0.601. The first-order valence-corrected chi connectivity index (χ1v) is 8.31. The Labute approximate surface area is 124 Å². The molecular formula is C15H17N3O2S. The number of sulfonamides is 1. The van der Waals surface area contributed by atoms with Crippen LogP contribution in [0.2, 0.25) is 0 Å². The molecule has 0 unspecified atom stereocenters. The minimum Gasteiger partial charge on any atom is -0.397 e. The third kappa shape index (κ3) is 2.71. The number of nitrogens with two attached hydrogens (primary N) is 1. The average Bonchev–Trinajstić information content (AvgIpc) is 2.89. The van der Waals surface area contributed by atoms with E-state index in [4.69, 9.17) is 5.73 Å². The van der Waals surface area contributed by atoms with Crippen molar-refractivity contribution in [2.75, 3.05) is 10.5 Å². The Bertz CT molecular complexity index is 801. The highest BCUT2D eigenvalue weighted by Gasteiger charge is 2.19. The molecule has 0 amide bonds. The number of fused-ring (bicyclic) bond motifs is 1. The van der Waals surface area contributed by atoms with Gasteiger partial charge in [-0.3, -0.25) is 4.72 Å². The van der Waals surface area contributed by atoms with Gasteiger partial charge in [0.05, 0.1) is 16.8 Å². The number of aromatic nitrogens is 1. The zero-order chi connectivity index (χ0) is 15.0. The molecule has 1 aromatic heterocycles. The Balaban J connectivity index is 1.93. The fourth-order valence-electron chi connectivity index (χ4n) is 2.60. The van der Waals surface area contributed by atoms with Crippen LogP contribution in [-0.4, -0.2) is 13.4 Å². The van der Waals surface area contributed by atoms with E-state index < -0.39 is 10.0 Å². The summed E-state index contributed by atoms with van der Waals surface area (Å²) in [5.41, 5.74) is 9.20. The molecular weight excluding hydrogens is 286 g/mol. The van der Waals surface area contributed by atoms with E-state index in [1.807, 2.05) is 6.07 Å². The second-order valence-corrected chi connectivity index (χ2v) is 7.01. The largest absolute Gasteiger partial charge is 0.397 e. The summed E-state index contributed by atoms with van der Waals surface area (Å²) in [6.07, 6.45) is 4.50. The number of pyridine rings is 1. The number of benzene rings is 1. The van der Waals surface area contributed by atoms with Gasteiger partial charge in [-0.15, -0.1) is 0 Å². The van der Waals surface area contributed by atoms with Crippen molar-refractivity contribution < 1.29 is 8.42 Å². The van der Waals surface area contributed by atoms with E-state index in [9.17, 15) is 8.42 Å². The summed E-state index contributed by atoms with van der Waals surface area (Å²) in [4.78, 5) is 4.32. The van der Waals surface area contributed by atoms with Crippen molar-refractivity contribution >= 4 is 21.5 Å². The summed E-state index contributed by atoms with van der Waals surface area (Å²) in [7, 11) is -3.62. The molecule has 2 aromatic rings. The third-order valence-corrected chi connectivity index (χ3v) is 5.05. The van der Waals surface area contributed by atoms with Gasteiger partial charge in [0.2, 0.25) is 0 Å². The highest BCUT2D eigenvalue weighted by molar-refractivity contribution is 7.92. The van der Waals surface area contributed by atoms with Crippen LogP contribution in [0.25, 0.3) is 0 Å². The SMILES string of the molecule is Cc1cc(N)cnc1NS(=O)(=O)c1ccc2c(c1)CCC2. The van der Waals surface area contributed by atoms with E-state index >= 15 is 0 Å². The van der Waals surface area contributed by atoms with Gasteiger partial charge in [0.25, 0.3) is 10.0 Å². The summed E-state index contributed by atoms with van der Waals surface area (Å²) < 4.78 is 27.4. The predicted molar refractivity (Wildman–Crippen MR) is 82.7 cm³/mol. The van der Waals surface area contributed by atoms with Crippen molar-refractivity contribution in [1.82, 2.24) is 4.98 Å². The molecule has 0 saturated heterocycles. The van der Waals surface area contributed by atoms with Crippen molar-refractivity contribution in [1.29, 1.82) is 0 Å². The van der Waals surface area contributed by atoms with Crippen LogP contribution in [0.4, 0.5) is 11.5 Å². The number of nitrogens with zero attached hydrogens (tertiary/aromatic N) is 1. The molecule has 5 nitrogen and oxygen atoms in total. The summed E-state index contributed by atoms with van der Waals surface area (Å²) in [6, 6.07) is 7.00. The van der Waals surface area contributed by atoms with Crippen LogP contribution in [0, 0.1) is 6.92 Å². The molecule has 3 N–H and O–H groups in total. The Morgan fingerprint density at radius 2 is 1.95 bits per heavy atom. The van der Waals surface area contributed by atoms with E-state index in [2.05, 4.69) is 9.71 Å². The molecule has 110 valence electrons. The summed E-state index contributed by atoms with van der Waals surface area (Å²) in [6.45, 7) is 1.77. The number of nitrogens with one attached hydrogen (secondary N) is 1. The molecule has 0 atom stereocenters. The lowest BCUT2D eigenvalue weighted by Gasteiger charge is -2.11. The first kappa shape index (κ1) is 13.9. The highest BCUT2D eigenvalue weighted by atomic mass is 32.2. The van der Waals surface area contributed by atoms with E-state index in [1.165, 1.54) is 11.8 Å². The molecule has 0 fully saturated rings. The normalized spacial score (nSPS) is 14.0. The maximum atomic E-state index is 12.5. The number of aryl methyl sites for hydroxylation is 3. The van der Waals surface area contributed by atoms with Gasteiger partial charge in [-0.1, -0.05) is 6.07 Å². The number of rotatable bonds is 3. The second kappa shape index (κ2) is 5.04. The highest BCUT2D eigenvalue weighted by Crippen LogP contribution is 2.26. The van der Waals surface area contributed by atoms with Gasteiger partial charge in [0, 0.05) is 0 Å². The van der Waals surface area contributed by atoms with E-state index in [0.29, 0.717) is 17.1 Å². The van der Waals surface area contributed by atoms with Crippen LogP contribution >= 0.6 is 0 Å². The van der Waals surface area contributed by atoms with E-state index in [-0.39, 0.29) is 4.90 Å². The van der Waals surface area contributed by atoms with Crippen LogP contribution < -0.4 is 10.5 Å². The zero-order valence-corrected chi connectivity index (χ0v) is 12.6. The van der Waals surface area contributed by atoms with Crippen LogP contribution in [-0.2, 0) is 22.9 Å². The van der Waals surface area contributed by atoms with Crippen LogP contribution in [0.15, 0.2) is 35.4 Å². The summed E-state index contributed by atoms with van der Waals surface area (Å²) in [5, 5.41) is 0. The van der Waals surface area contributed by atoms with Gasteiger partial charge in [0.15, 0.2) is 0 Å². The Morgan fingerprint density at radius 3 is 2.71 bits per heavy atom. The fourth-order valence-corrected chi connectivity index (χ4v) is 3.74. The first-order chi connectivity index (χ1) is 9.95. The minimum atomic E-state index is -3.62. The summed E-state index contributed by atoms with van der Waals surface area (Å²) >= 11 is 0. The van der Waals surface area contributed by atoms with Crippen molar-refractivity contribution in [3.8, 4) is 0 Å². The van der Waals surface area contributed by atoms with Crippen molar-refractivity contribution in [2.24, 2.45) is 0 Å². The fraction of sp³-hybridized carbons (Fsp3) is 0.267. The minimum absolute atomic E-state index is 0.279. The topological polar surface area (TPSA) is 85.1 Å². The molecule has 1 aromatic carbocycles. The Hall–Kier alpha value is -2.08. The van der Waals surface area contributed by atoms with Gasteiger partial charge in [-0.25, -0.2) is 13.4 Å². The Kier molecular flexibility index (Phi) is 3.33. The molecule has 0 aliphatic heterocycles. The lowest BCUT2D eigenvalue weighted by Crippen LogP contribution is -2.15. The Morgan fingerprint density at radius 1 is 1.19 bits per heavy atom. The number of hydrogen-bond donors (Lipinski definition) is 2. The van der Waals surface area contributed by atoms with Crippen molar-refractivity contribution in [3.05, 3.63) is 47.2 Å². The van der Waals surface area contributed by atoms with Crippen molar-refractivity contribution in [2.45, 2.75) is 31.1 Å². The number of hydrogen-bond acceptors (Lipinski definition) is 4. The molecule has 0 spiro atoms. The molecule has 3 rings (SSSR count). The van der Waals surface area contributed by atoms with Crippen molar-refractivity contribution in [3.63, 3.8) is 0 Å². The summed E-state index contributed by atoms with van der Waals surface area (Å²) in [5.74, 6) is 0.310. The average molecular weight is 303 g/mol. The van der Waals surface area contributed by atoms with Gasteiger partial charge >= 0.3 is 0 Å². The second-order valence-electron chi connectivity index (χ2n) is 5.32. The van der Waals surface area contributed by atoms with Gasteiger partial charge in [-0.05, 0) is 61.1 Å². The number of nitrogen functional groups attached to an aromatic ring is 1. The number of anilines is 2. The van der Waals surface area contributed by atoms with Crippen LogP contribution in [0.1, 0.15) is 23.1 Å². The van der Waals surface area contributed by atoms with E-state index in [0.717, 1.165) is 24.8 Å². The lowest BCUT2D eigenvalue weighted by atomic mass is 10.1.